The first kappa shape index (κ1) is 23.0. The molecule has 33 heavy (non-hydrogen) atoms. The second kappa shape index (κ2) is 9.37. The number of benzene rings is 3. The Morgan fingerprint density at radius 2 is 1.79 bits per heavy atom. The number of sulfone groups is 1. The molecule has 1 aliphatic rings. The summed E-state index contributed by atoms with van der Waals surface area (Å²) in [6, 6.07) is 17.5. The third kappa shape index (κ3) is 4.51. The maximum Gasteiger partial charge on any atom is 0.259 e. The van der Waals surface area contributed by atoms with Crippen LogP contribution in [-0.2, 0) is 16.4 Å². The molecule has 0 unspecified atom stereocenters. The van der Waals surface area contributed by atoms with Gasteiger partial charge in [-0.05, 0) is 54.4 Å². The Morgan fingerprint density at radius 1 is 1.00 bits per heavy atom. The molecule has 6 nitrogen and oxygen atoms in total. The van der Waals surface area contributed by atoms with Crippen LogP contribution in [0.25, 0.3) is 0 Å². The Balaban J connectivity index is 1.87. The maximum atomic E-state index is 13.6. The van der Waals surface area contributed by atoms with E-state index >= 15 is 0 Å². The number of fused-ring (bicyclic) bond motifs is 2. The number of carbonyl (C=O) groups is 2. The molecular formula is C25H23ClN2O4S. The van der Waals surface area contributed by atoms with Crippen LogP contribution in [0.3, 0.4) is 0 Å². The number of carbonyl (C=O) groups excluding carboxylic acids is 2. The third-order valence-electron chi connectivity index (χ3n) is 5.50. The zero-order valence-electron chi connectivity index (χ0n) is 18.0. The molecule has 0 bridgehead atoms. The van der Waals surface area contributed by atoms with Crippen LogP contribution in [0.15, 0.2) is 76.5 Å². The number of anilines is 1. The second-order valence-electron chi connectivity index (χ2n) is 7.81. The molecule has 0 spiro atoms. The topological polar surface area (TPSA) is 83.6 Å². The lowest BCUT2D eigenvalue weighted by Crippen LogP contribution is -2.31. The summed E-state index contributed by atoms with van der Waals surface area (Å²) in [5, 5.41) is 3.34. The Kier molecular flexibility index (Phi) is 6.54. The van der Waals surface area contributed by atoms with Crippen LogP contribution in [0.1, 0.15) is 46.0 Å². The second-order valence-corrected chi connectivity index (χ2v) is 10.1. The van der Waals surface area contributed by atoms with E-state index in [0.717, 1.165) is 18.4 Å². The van der Waals surface area contributed by atoms with Crippen molar-refractivity contribution >= 4 is 38.9 Å². The average molecular weight is 483 g/mol. The van der Waals surface area contributed by atoms with Crippen LogP contribution >= 0.6 is 11.6 Å². The molecule has 0 fully saturated rings. The number of nitrogens with one attached hydrogen (secondary N) is 1. The van der Waals surface area contributed by atoms with Gasteiger partial charge < -0.3 is 10.2 Å². The molecule has 0 aliphatic carbocycles. The smallest absolute Gasteiger partial charge is 0.259 e. The van der Waals surface area contributed by atoms with Gasteiger partial charge in [-0.1, -0.05) is 49.2 Å². The van der Waals surface area contributed by atoms with E-state index in [1.165, 1.54) is 35.2 Å². The fraction of sp³-hybridized carbons (Fsp3) is 0.200. The molecule has 0 saturated carbocycles. The highest BCUT2D eigenvalue weighted by Crippen LogP contribution is 2.38. The van der Waals surface area contributed by atoms with Gasteiger partial charge in [-0.2, -0.15) is 0 Å². The lowest BCUT2D eigenvalue weighted by molar-refractivity contribution is 0.0949. The van der Waals surface area contributed by atoms with Crippen LogP contribution < -0.4 is 10.2 Å². The first-order valence-electron chi connectivity index (χ1n) is 10.7. The number of hydrogen-bond donors (Lipinski definition) is 1. The van der Waals surface area contributed by atoms with Gasteiger partial charge in [0, 0.05) is 17.1 Å². The number of halogens is 1. The average Bonchev–Trinajstić information content (AvgIpc) is 2.87. The lowest BCUT2D eigenvalue weighted by Gasteiger charge is -2.23. The van der Waals surface area contributed by atoms with E-state index in [-0.39, 0.29) is 39.1 Å². The van der Waals surface area contributed by atoms with Crippen molar-refractivity contribution in [1.82, 2.24) is 5.32 Å². The van der Waals surface area contributed by atoms with E-state index in [9.17, 15) is 18.0 Å². The molecule has 1 heterocycles. The van der Waals surface area contributed by atoms with Crippen molar-refractivity contribution in [3.05, 3.63) is 88.4 Å². The summed E-state index contributed by atoms with van der Waals surface area (Å²) < 4.78 is 27.0. The van der Waals surface area contributed by atoms with Crippen molar-refractivity contribution in [1.29, 1.82) is 0 Å². The summed E-state index contributed by atoms with van der Waals surface area (Å²) in [5.74, 6) is -0.781. The zero-order chi connectivity index (χ0) is 23.6. The number of rotatable bonds is 6. The lowest BCUT2D eigenvalue weighted by atomic mass is 10.1. The summed E-state index contributed by atoms with van der Waals surface area (Å²) in [5.41, 5.74) is 1.27. The number of unbranched alkanes of at least 4 members (excludes halogenated alkanes) is 1. The van der Waals surface area contributed by atoms with Crippen LogP contribution in [0, 0.1) is 0 Å². The van der Waals surface area contributed by atoms with Gasteiger partial charge in [0.05, 0.1) is 27.6 Å². The zero-order valence-corrected chi connectivity index (χ0v) is 19.6. The molecule has 1 N–H and O–H groups in total. The van der Waals surface area contributed by atoms with Crippen molar-refractivity contribution in [2.24, 2.45) is 0 Å². The molecule has 3 aromatic rings. The van der Waals surface area contributed by atoms with Crippen molar-refractivity contribution in [3.8, 4) is 0 Å². The highest BCUT2D eigenvalue weighted by atomic mass is 35.5. The Hall–Kier alpha value is -3.16. The molecule has 8 heteroatoms. The molecule has 2 amide bonds. The number of hydrogen-bond acceptors (Lipinski definition) is 4. The first-order valence-corrected chi connectivity index (χ1v) is 12.5. The fourth-order valence-electron chi connectivity index (χ4n) is 3.80. The van der Waals surface area contributed by atoms with Gasteiger partial charge in [0.25, 0.3) is 11.8 Å². The Bertz CT molecular complexity index is 1340. The van der Waals surface area contributed by atoms with E-state index in [0.29, 0.717) is 11.6 Å². The molecule has 3 aromatic carbocycles. The molecule has 1 aliphatic heterocycles. The van der Waals surface area contributed by atoms with E-state index in [2.05, 4.69) is 5.32 Å². The minimum atomic E-state index is -3.99. The van der Waals surface area contributed by atoms with E-state index < -0.39 is 15.7 Å². The standard InChI is InChI=1S/C25H23ClN2O4S/c1-2-3-13-27-24(29)18-11-12-23-21(15-18)28(16-17-7-6-8-19(26)14-17)25(30)20-9-4-5-10-22(20)33(23,31)32/h4-12,14-15H,2-3,13,16H2,1H3,(H,27,29). The summed E-state index contributed by atoms with van der Waals surface area (Å²) in [4.78, 5) is 27.6. The fourth-order valence-corrected chi connectivity index (χ4v) is 5.65. The Morgan fingerprint density at radius 3 is 2.55 bits per heavy atom. The van der Waals surface area contributed by atoms with Crippen LogP contribution in [0.4, 0.5) is 5.69 Å². The molecule has 0 aromatic heterocycles. The molecule has 0 atom stereocenters. The van der Waals surface area contributed by atoms with Crippen LogP contribution in [0.5, 0.6) is 0 Å². The summed E-state index contributed by atoms with van der Waals surface area (Å²) >= 11 is 6.13. The predicted molar refractivity (Wildman–Crippen MR) is 128 cm³/mol. The largest absolute Gasteiger partial charge is 0.352 e. The van der Waals surface area contributed by atoms with E-state index in [4.69, 9.17) is 11.6 Å². The normalized spacial score (nSPS) is 14.2. The molecule has 4 rings (SSSR count). The molecular weight excluding hydrogens is 460 g/mol. The monoisotopic (exact) mass is 482 g/mol. The summed E-state index contributed by atoms with van der Waals surface area (Å²) in [6.07, 6.45) is 1.77. The van der Waals surface area contributed by atoms with Crippen molar-refractivity contribution in [2.75, 3.05) is 11.4 Å². The number of amides is 2. The molecule has 170 valence electrons. The van der Waals surface area contributed by atoms with Crippen molar-refractivity contribution in [3.63, 3.8) is 0 Å². The van der Waals surface area contributed by atoms with Gasteiger partial charge in [-0.3, -0.25) is 9.59 Å². The van der Waals surface area contributed by atoms with Crippen LogP contribution in [0.2, 0.25) is 5.02 Å². The van der Waals surface area contributed by atoms with Gasteiger partial charge >= 0.3 is 0 Å². The predicted octanol–water partition coefficient (Wildman–Crippen LogP) is 4.86. The van der Waals surface area contributed by atoms with Gasteiger partial charge in [0.15, 0.2) is 0 Å². The van der Waals surface area contributed by atoms with Gasteiger partial charge in [-0.25, -0.2) is 8.42 Å². The third-order valence-corrected chi connectivity index (χ3v) is 7.59. The summed E-state index contributed by atoms with van der Waals surface area (Å²) in [6.45, 7) is 2.63. The van der Waals surface area contributed by atoms with Gasteiger partial charge in [0.2, 0.25) is 9.84 Å². The highest BCUT2D eigenvalue weighted by Gasteiger charge is 2.36. The van der Waals surface area contributed by atoms with Crippen molar-refractivity contribution in [2.45, 2.75) is 36.1 Å². The van der Waals surface area contributed by atoms with Gasteiger partial charge in [0.1, 0.15) is 0 Å². The van der Waals surface area contributed by atoms with Gasteiger partial charge in [-0.15, -0.1) is 0 Å². The highest BCUT2D eigenvalue weighted by molar-refractivity contribution is 7.91. The Labute approximate surface area is 198 Å². The first-order chi connectivity index (χ1) is 15.8. The number of nitrogens with zero attached hydrogens (tertiary/aromatic N) is 1. The van der Waals surface area contributed by atoms with Crippen molar-refractivity contribution < 1.29 is 18.0 Å². The van der Waals surface area contributed by atoms with Crippen LogP contribution in [-0.4, -0.2) is 26.8 Å². The molecule has 0 radical (unpaired) electrons. The quantitative estimate of drug-likeness (QED) is 0.508. The maximum absolute atomic E-state index is 13.6. The van der Waals surface area contributed by atoms with E-state index in [1.54, 1.807) is 30.3 Å². The SMILES string of the molecule is CCCCNC(=O)c1ccc2c(c1)N(Cc1cccc(Cl)c1)C(=O)c1ccccc1S2(=O)=O. The molecule has 0 saturated heterocycles. The minimum Gasteiger partial charge on any atom is -0.352 e. The minimum absolute atomic E-state index is 0.0204. The van der Waals surface area contributed by atoms with E-state index in [1.807, 2.05) is 13.0 Å². The summed E-state index contributed by atoms with van der Waals surface area (Å²) in [7, 11) is -3.99.